The molecule has 1 N–H and O–H groups in total. The van der Waals surface area contributed by atoms with Crippen LogP contribution in [0, 0.1) is 0 Å². The SMILES string of the molecule is O=C([O-])C=CC(O)c1ccc(Cl)cc1.[Na+]. The van der Waals surface area contributed by atoms with Crippen molar-refractivity contribution in [2.24, 2.45) is 0 Å². The van der Waals surface area contributed by atoms with Gasteiger partial charge in [0.2, 0.25) is 0 Å². The number of aliphatic hydroxyl groups excluding tert-OH is 1. The molecule has 74 valence electrons. The van der Waals surface area contributed by atoms with E-state index in [0.29, 0.717) is 10.6 Å². The van der Waals surface area contributed by atoms with Gasteiger partial charge in [0, 0.05) is 5.02 Å². The Balaban J connectivity index is 0.00000196. The number of aliphatic hydroxyl groups is 1. The predicted molar refractivity (Wildman–Crippen MR) is 50.6 cm³/mol. The van der Waals surface area contributed by atoms with E-state index in [-0.39, 0.29) is 29.6 Å². The van der Waals surface area contributed by atoms with Crippen LogP contribution >= 0.6 is 11.6 Å². The minimum Gasteiger partial charge on any atom is -0.545 e. The molecule has 0 spiro atoms. The van der Waals surface area contributed by atoms with Crippen molar-refractivity contribution in [2.45, 2.75) is 6.10 Å². The fourth-order valence-corrected chi connectivity index (χ4v) is 1.07. The molecule has 3 nitrogen and oxygen atoms in total. The zero-order valence-electron chi connectivity index (χ0n) is 8.18. The summed E-state index contributed by atoms with van der Waals surface area (Å²) >= 11 is 5.64. The van der Waals surface area contributed by atoms with Gasteiger partial charge in [-0.2, -0.15) is 0 Å². The Labute approximate surface area is 115 Å². The fraction of sp³-hybridized carbons (Fsp3) is 0.100. The Morgan fingerprint density at radius 3 is 2.40 bits per heavy atom. The number of carboxylic acids is 1. The number of carbonyl (C=O) groups excluding carboxylic acids is 1. The molecule has 1 rings (SSSR count). The Morgan fingerprint density at radius 2 is 1.93 bits per heavy atom. The van der Waals surface area contributed by atoms with Crippen molar-refractivity contribution < 1.29 is 44.6 Å². The van der Waals surface area contributed by atoms with Gasteiger partial charge in [-0.25, -0.2) is 0 Å². The minimum absolute atomic E-state index is 0. The van der Waals surface area contributed by atoms with Crippen molar-refractivity contribution >= 4 is 17.6 Å². The van der Waals surface area contributed by atoms with E-state index in [1.165, 1.54) is 0 Å². The van der Waals surface area contributed by atoms with Crippen LogP contribution < -0.4 is 34.7 Å². The van der Waals surface area contributed by atoms with Gasteiger partial charge >= 0.3 is 29.6 Å². The van der Waals surface area contributed by atoms with E-state index >= 15 is 0 Å². The van der Waals surface area contributed by atoms with Crippen LogP contribution in [0.3, 0.4) is 0 Å². The van der Waals surface area contributed by atoms with Crippen LogP contribution in [0.25, 0.3) is 0 Å². The van der Waals surface area contributed by atoms with Crippen molar-refractivity contribution in [1.29, 1.82) is 0 Å². The third-order valence-electron chi connectivity index (χ3n) is 1.63. The van der Waals surface area contributed by atoms with Gasteiger partial charge in [-0.3, -0.25) is 0 Å². The molecular formula is C10H8ClNaO3. The number of aliphatic carboxylic acids is 1. The second kappa shape index (κ2) is 7.04. The van der Waals surface area contributed by atoms with Gasteiger partial charge in [0.15, 0.2) is 0 Å². The summed E-state index contributed by atoms with van der Waals surface area (Å²) in [6.45, 7) is 0. The quantitative estimate of drug-likeness (QED) is 0.472. The average Bonchev–Trinajstić information content (AvgIpc) is 2.15. The molecule has 5 heteroatoms. The summed E-state index contributed by atoms with van der Waals surface area (Å²) in [5, 5.41) is 20.1. The van der Waals surface area contributed by atoms with E-state index in [1.807, 2.05) is 0 Å². The molecule has 0 radical (unpaired) electrons. The second-order valence-electron chi connectivity index (χ2n) is 2.67. The maximum Gasteiger partial charge on any atom is 1.00 e. The summed E-state index contributed by atoms with van der Waals surface area (Å²) in [4.78, 5) is 10.1. The molecular weight excluding hydrogens is 227 g/mol. The van der Waals surface area contributed by atoms with Gasteiger partial charge in [-0.1, -0.05) is 23.7 Å². The van der Waals surface area contributed by atoms with E-state index < -0.39 is 12.1 Å². The third-order valence-corrected chi connectivity index (χ3v) is 1.88. The summed E-state index contributed by atoms with van der Waals surface area (Å²) in [5.74, 6) is -1.34. The minimum atomic E-state index is -1.34. The summed E-state index contributed by atoms with van der Waals surface area (Å²) in [6, 6.07) is 6.47. The monoisotopic (exact) mass is 234 g/mol. The van der Waals surface area contributed by atoms with Crippen LogP contribution in [0.2, 0.25) is 5.02 Å². The Bertz CT molecular complexity index is 348. The molecule has 0 aromatic heterocycles. The van der Waals surface area contributed by atoms with Crippen molar-refractivity contribution in [3.05, 3.63) is 47.0 Å². The Kier molecular flexibility index (Phi) is 6.89. The first kappa shape index (κ1) is 14.7. The van der Waals surface area contributed by atoms with Crippen LogP contribution in [0.15, 0.2) is 36.4 Å². The number of benzene rings is 1. The molecule has 0 aliphatic heterocycles. The van der Waals surface area contributed by atoms with Gasteiger partial charge in [-0.05, 0) is 29.8 Å². The first-order chi connectivity index (χ1) is 6.59. The van der Waals surface area contributed by atoms with E-state index in [1.54, 1.807) is 24.3 Å². The van der Waals surface area contributed by atoms with Gasteiger partial charge in [0.1, 0.15) is 0 Å². The second-order valence-corrected chi connectivity index (χ2v) is 3.11. The Hall–Kier alpha value is -0.320. The predicted octanol–water partition coefficient (Wildman–Crippen LogP) is -2.32. The Morgan fingerprint density at radius 1 is 1.40 bits per heavy atom. The van der Waals surface area contributed by atoms with Crippen LogP contribution in [-0.2, 0) is 4.79 Å². The smallest absolute Gasteiger partial charge is 0.545 e. The van der Waals surface area contributed by atoms with Crippen molar-refractivity contribution in [3.63, 3.8) is 0 Å². The number of rotatable bonds is 3. The number of carboxylic acid groups (broad SMARTS) is 1. The zero-order valence-corrected chi connectivity index (χ0v) is 10.9. The molecule has 0 fully saturated rings. The van der Waals surface area contributed by atoms with Crippen LogP contribution in [0.5, 0.6) is 0 Å². The average molecular weight is 235 g/mol. The van der Waals surface area contributed by atoms with Gasteiger partial charge in [-0.15, -0.1) is 0 Å². The van der Waals surface area contributed by atoms with Crippen LogP contribution in [0.1, 0.15) is 11.7 Å². The van der Waals surface area contributed by atoms with Gasteiger partial charge in [0.05, 0.1) is 12.1 Å². The van der Waals surface area contributed by atoms with Crippen molar-refractivity contribution in [2.75, 3.05) is 0 Å². The number of hydrogen-bond donors (Lipinski definition) is 1. The van der Waals surface area contributed by atoms with Crippen LogP contribution in [0.4, 0.5) is 0 Å². The van der Waals surface area contributed by atoms with E-state index in [0.717, 1.165) is 12.2 Å². The first-order valence-corrected chi connectivity index (χ1v) is 4.30. The molecule has 0 aliphatic carbocycles. The van der Waals surface area contributed by atoms with Crippen LogP contribution in [-0.4, -0.2) is 11.1 Å². The summed E-state index contributed by atoms with van der Waals surface area (Å²) in [7, 11) is 0. The largest absolute Gasteiger partial charge is 1.00 e. The summed E-state index contributed by atoms with van der Waals surface area (Å²) in [5.41, 5.74) is 0.576. The van der Waals surface area contributed by atoms with Gasteiger partial charge < -0.3 is 15.0 Å². The maximum atomic E-state index is 10.1. The van der Waals surface area contributed by atoms with Crippen molar-refractivity contribution in [1.82, 2.24) is 0 Å². The zero-order chi connectivity index (χ0) is 10.6. The van der Waals surface area contributed by atoms with Crippen molar-refractivity contribution in [3.8, 4) is 0 Å². The summed E-state index contributed by atoms with van der Waals surface area (Å²) < 4.78 is 0. The molecule has 0 bridgehead atoms. The molecule has 0 amide bonds. The molecule has 1 aromatic rings. The van der Waals surface area contributed by atoms with E-state index in [4.69, 9.17) is 11.6 Å². The molecule has 0 aliphatic rings. The first-order valence-electron chi connectivity index (χ1n) is 3.92. The number of carbonyl (C=O) groups is 1. The fourth-order valence-electron chi connectivity index (χ4n) is 0.941. The molecule has 1 atom stereocenters. The standard InChI is InChI=1S/C10H9ClO3.Na/c11-8-3-1-7(2-4-8)9(12)5-6-10(13)14;/h1-6,9,12H,(H,13,14);/q;+1/p-1. The normalized spacial score (nSPS) is 12.1. The molecule has 1 unspecified atom stereocenters. The molecule has 1 aromatic carbocycles. The topological polar surface area (TPSA) is 60.4 Å². The maximum absolute atomic E-state index is 10.1. The number of hydrogen-bond acceptors (Lipinski definition) is 3. The summed E-state index contributed by atoms with van der Waals surface area (Å²) in [6.07, 6.45) is 0.975. The molecule has 0 heterocycles. The van der Waals surface area contributed by atoms with Gasteiger partial charge in [0.25, 0.3) is 0 Å². The molecule has 0 saturated heterocycles. The number of halogens is 1. The van der Waals surface area contributed by atoms with E-state index in [2.05, 4.69) is 0 Å². The van der Waals surface area contributed by atoms with E-state index in [9.17, 15) is 15.0 Å². The molecule has 0 saturated carbocycles. The third kappa shape index (κ3) is 5.35. The molecule has 15 heavy (non-hydrogen) atoms.